The molecule has 0 radical (unpaired) electrons. The Balaban J connectivity index is 2.34. The second-order valence-corrected chi connectivity index (χ2v) is 4.81. The van der Waals surface area contributed by atoms with Gasteiger partial charge < -0.3 is 5.32 Å². The zero-order valence-electron chi connectivity index (χ0n) is 10.2. The fraction of sp³-hybridized carbons (Fsp3) is 0.167. The average molecular weight is 348 g/mol. The molecule has 0 aliphatic carbocycles. The van der Waals surface area contributed by atoms with E-state index in [1.807, 2.05) is 0 Å². The molecule has 1 heterocycles. The van der Waals surface area contributed by atoms with Crippen LogP contribution in [0.1, 0.15) is 22.5 Å². The molecule has 1 aromatic heterocycles. The predicted molar refractivity (Wildman–Crippen MR) is 70.2 cm³/mol. The first-order valence-electron chi connectivity index (χ1n) is 5.47. The van der Waals surface area contributed by atoms with Crippen molar-refractivity contribution < 1.29 is 18.0 Å². The van der Waals surface area contributed by atoms with Crippen LogP contribution in [0.15, 0.2) is 28.9 Å². The van der Waals surface area contributed by atoms with Crippen molar-refractivity contribution in [3.05, 3.63) is 45.9 Å². The van der Waals surface area contributed by atoms with E-state index in [4.69, 9.17) is 0 Å². The first-order chi connectivity index (χ1) is 9.40. The Labute approximate surface area is 120 Å². The monoisotopic (exact) mass is 347 g/mol. The predicted octanol–water partition coefficient (Wildman–Crippen LogP) is 3.51. The Morgan fingerprint density at radius 3 is 2.75 bits per heavy atom. The van der Waals surface area contributed by atoms with Crippen LogP contribution in [0.5, 0.6) is 0 Å². The Morgan fingerprint density at radius 1 is 1.45 bits per heavy atom. The third-order valence-electron chi connectivity index (χ3n) is 2.51. The Bertz CT molecular complexity index is 637. The highest BCUT2D eigenvalue weighted by Crippen LogP contribution is 2.27. The molecule has 20 heavy (non-hydrogen) atoms. The van der Waals surface area contributed by atoms with E-state index in [9.17, 15) is 18.0 Å². The van der Waals surface area contributed by atoms with Crippen molar-refractivity contribution in [1.29, 1.82) is 0 Å². The van der Waals surface area contributed by atoms with Crippen molar-refractivity contribution in [1.82, 2.24) is 9.78 Å². The van der Waals surface area contributed by atoms with Crippen LogP contribution < -0.4 is 5.32 Å². The number of carbonyl (C=O) groups is 1. The van der Waals surface area contributed by atoms with Gasteiger partial charge in [0.15, 0.2) is 0 Å². The van der Waals surface area contributed by atoms with E-state index in [0.717, 1.165) is 16.9 Å². The Morgan fingerprint density at radius 2 is 2.15 bits per heavy atom. The lowest BCUT2D eigenvalue weighted by atomic mass is 10.2. The first-order valence-corrected chi connectivity index (χ1v) is 6.26. The highest BCUT2D eigenvalue weighted by atomic mass is 79.9. The van der Waals surface area contributed by atoms with Gasteiger partial charge in [-0.05, 0) is 28.1 Å². The maximum Gasteiger partial charge on any atom is 0.282 e. The largest absolute Gasteiger partial charge is 0.318 e. The fourth-order valence-corrected chi connectivity index (χ4v) is 2.08. The quantitative estimate of drug-likeness (QED) is 0.923. The van der Waals surface area contributed by atoms with E-state index in [2.05, 4.69) is 26.3 Å². The highest BCUT2D eigenvalue weighted by molar-refractivity contribution is 9.10. The first kappa shape index (κ1) is 14.6. The molecule has 0 fully saturated rings. The van der Waals surface area contributed by atoms with Crippen LogP contribution in [0.4, 0.5) is 18.9 Å². The number of carbonyl (C=O) groups excluding carboxylic acids is 1. The van der Waals surface area contributed by atoms with Crippen LogP contribution in [0.3, 0.4) is 0 Å². The second kappa shape index (κ2) is 5.66. The molecule has 0 spiro atoms. The number of aromatic nitrogens is 2. The molecule has 1 N–H and O–H groups in total. The van der Waals surface area contributed by atoms with Gasteiger partial charge in [-0.1, -0.05) is 6.07 Å². The second-order valence-electron chi connectivity index (χ2n) is 3.95. The summed E-state index contributed by atoms with van der Waals surface area (Å²) >= 11 is 3.08. The summed E-state index contributed by atoms with van der Waals surface area (Å²) < 4.78 is 40.5. The van der Waals surface area contributed by atoms with Crippen molar-refractivity contribution in [2.24, 2.45) is 7.05 Å². The summed E-state index contributed by atoms with van der Waals surface area (Å²) in [5.41, 5.74) is -1.04. The van der Waals surface area contributed by atoms with Crippen LogP contribution in [-0.2, 0) is 7.05 Å². The molecule has 0 atom stereocenters. The zero-order chi connectivity index (χ0) is 14.9. The van der Waals surface area contributed by atoms with E-state index in [1.54, 1.807) is 0 Å². The van der Waals surface area contributed by atoms with Gasteiger partial charge in [-0.15, -0.1) is 0 Å². The van der Waals surface area contributed by atoms with Gasteiger partial charge in [0.05, 0.1) is 11.3 Å². The van der Waals surface area contributed by atoms with Crippen molar-refractivity contribution in [2.75, 3.05) is 5.32 Å². The number of amides is 1. The minimum atomic E-state index is -2.89. The average Bonchev–Trinajstić information content (AvgIpc) is 2.76. The SMILES string of the molecule is Cn1cc(C(=O)Nc2c(F)cccc2Br)c(C(F)F)n1. The number of halogens is 4. The van der Waals surface area contributed by atoms with Gasteiger partial charge in [0.2, 0.25) is 0 Å². The van der Waals surface area contributed by atoms with Gasteiger partial charge in [-0.2, -0.15) is 5.10 Å². The molecule has 1 amide bonds. The molecular weight excluding hydrogens is 339 g/mol. The molecule has 1 aromatic carbocycles. The third kappa shape index (κ3) is 2.84. The van der Waals surface area contributed by atoms with E-state index in [1.165, 1.54) is 19.2 Å². The number of aryl methyl sites for hydroxylation is 1. The number of anilines is 1. The lowest BCUT2D eigenvalue weighted by Gasteiger charge is -2.08. The Kier molecular flexibility index (Phi) is 4.12. The summed E-state index contributed by atoms with van der Waals surface area (Å²) in [5.74, 6) is -1.52. The van der Waals surface area contributed by atoms with Gasteiger partial charge >= 0.3 is 0 Å². The molecule has 0 bridgehead atoms. The number of rotatable bonds is 3. The molecule has 2 aromatic rings. The number of nitrogens with zero attached hydrogens (tertiary/aromatic N) is 2. The van der Waals surface area contributed by atoms with Gasteiger partial charge in [0.1, 0.15) is 11.5 Å². The summed E-state index contributed by atoms with van der Waals surface area (Å²) in [6.07, 6.45) is -1.73. The van der Waals surface area contributed by atoms with Crippen molar-refractivity contribution >= 4 is 27.5 Å². The topological polar surface area (TPSA) is 46.9 Å². The van der Waals surface area contributed by atoms with Gasteiger partial charge in [0.25, 0.3) is 12.3 Å². The zero-order valence-corrected chi connectivity index (χ0v) is 11.8. The molecule has 0 aliphatic rings. The third-order valence-corrected chi connectivity index (χ3v) is 3.17. The molecular formula is C12H9BrF3N3O. The number of alkyl halides is 2. The van der Waals surface area contributed by atoms with E-state index < -0.39 is 23.8 Å². The summed E-state index contributed by atoms with van der Waals surface area (Å²) in [5, 5.41) is 5.77. The van der Waals surface area contributed by atoms with Crippen LogP contribution >= 0.6 is 15.9 Å². The van der Waals surface area contributed by atoms with Crippen molar-refractivity contribution in [3.63, 3.8) is 0 Å². The summed E-state index contributed by atoms with van der Waals surface area (Å²) in [4.78, 5) is 12.0. The summed E-state index contributed by atoms with van der Waals surface area (Å²) in [6.45, 7) is 0. The minimum Gasteiger partial charge on any atom is -0.318 e. The van der Waals surface area contributed by atoms with Crippen LogP contribution in [-0.4, -0.2) is 15.7 Å². The number of hydrogen-bond donors (Lipinski definition) is 1. The number of hydrogen-bond acceptors (Lipinski definition) is 2. The van der Waals surface area contributed by atoms with E-state index in [-0.39, 0.29) is 11.3 Å². The Hall–Kier alpha value is -1.83. The van der Waals surface area contributed by atoms with Crippen LogP contribution in [0, 0.1) is 5.82 Å². The molecule has 0 unspecified atom stereocenters. The molecule has 0 saturated heterocycles. The highest BCUT2D eigenvalue weighted by Gasteiger charge is 2.23. The van der Waals surface area contributed by atoms with Crippen molar-refractivity contribution in [2.45, 2.75) is 6.43 Å². The van der Waals surface area contributed by atoms with Gasteiger partial charge in [-0.25, -0.2) is 13.2 Å². The van der Waals surface area contributed by atoms with E-state index >= 15 is 0 Å². The number of para-hydroxylation sites is 1. The fourth-order valence-electron chi connectivity index (χ4n) is 1.64. The lowest BCUT2D eigenvalue weighted by Crippen LogP contribution is -2.15. The molecule has 2 rings (SSSR count). The van der Waals surface area contributed by atoms with Crippen LogP contribution in [0.25, 0.3) is 0 Å². The maximum absolute atomic E-state index is 13.6. The maximum atomic E-state index is 13.6. The standard InChI is InChI=1S/C12H9BrF3N3O/c1-19-5-6(9(18-19)11(15)16)12(20)17-10-7(13)3-2-4-8(10)14/h2-5,11H,1H3,(H,17,20). The molecule has 4 nitrogen and oxygen atoms in total. The van der Waals surface area contributed by atoms with Gasteiger partial charge in [0, 0.05) is 17.7 Å². The number of nitrogens with one attached hydrogen (secondary N) is 1. The molecule has 8 heteroatoms. The summed E-state index contributed by atoms with van der Waals surface area (Å²) in [6, 6.07) is 4.12. The number of benzene rings is 1. The van der Waals surface area contributed by atoms with E-state index in [0.29, 0.717) is 4.47 Å². The molecule has 106 valence electrons. The normalized spacial score (nSPS) is 10.9. The summed E-state index contributed by atoms with van der Waals surface area (Å²) in [7, 11) is 1.42. The molecule has 0 aliphatic heterocycles. The van der Waals surface area contributed by atoms with Gasteiger partial charge in [-0.3, -0.25) is 9.48 Å². The smallest absolute Gasteiger partial charge is 0.282 e. The van der Waals surface area contributed by atoms with Crippen LogP contribution in [0.2, 0.25) is 0 Å². The lowest BCUT2D eigenvalue weighted by molar-refractivity contribution is 0.101. The molecule has 0 saturated carbocycles. The minimum absolute atomic E-state index is 0.110. The van der Waals surface area contributed by atoms with Crippen molar-refractivity contribution in [3.8, 4) is 0 Å².